The van der Waals surface area contributed by atoms with Gasteiger partial charge in [0.15, 0.2) is 5.78 Å². The zero-order valence-corrected chi connectivity index (χ0v) is 14.1. The van der Waals surface area contributed by atoms with Crippen molar-refractivity contribution < 1.29 is 19.2 Å². The van der Waals surface area contributed by atoms with Crippen LogP contribution in [0.3, 0.4) is 0 Å². The highest BCUT2D eigenvalue weighted by atomic mass is 16.6. The molecule has 2 rings (SSSR count). The number of hydrogen-bond acceptors (Lipinski definition) is 5. The molecule has 6 heteroatoms. The number of ether oxygens (including phenoxy) is 1. The number of Topliss-reactive ketones (excluding diaryl/α,β-unsaturated/α-hetero) is 1. The second-order valence-corrected chi connectivity index (χ2v) is 5.38. The fourth-order valence-corrected chi connectivity index (χ4v) is 2.15. The molecule has 6 nitrogen and oxygen atoms in total. The first-order valence-electron chi connectivity index (χ1n) is 7.83. The van der Waals surface area contributed by atoms with E-state index in [9.17, 15) is 19.7 Å². The molecule has 0 amide bonds. The molecule has 0 aromatic heterocycles. The number of nitro groups is 1. The topological polar surface area (TPSA) is 86.5 Å². The zero-order chi connectivity index (χ0) is 18.9. The molecule has 0 aliphatic heterocycles. The van der Waals surface area contributed by atoms with Gasteiger partial charge in [0.1, 0.15) is 12.2 Å². The van der Waals surface area contributed by atoms with Crippen molar-refractivity contribution in [3.05, 3.63) is 87.5 Å². The van der Waals surface area contributed by atoms with Gasteiger partial charge in [-0.2, -0.15) is 0 Å². The van der Waals surface area contributed by atoms with Crippen molar-refractivity contribution >= 4 is 29.6 Å². The molecule has 0 saturated carbocycles. The lowest BCUT2D eigenvalue weighted by Gasteiger charge is -2.04. The highest BCUT2D eigenvalue weighted by Gasteiger charge is 2.16. The largest absolute Gasteiger partial charge is 0.458 e. The molecule has 2 aromatic carbocycles. The molecule has 0 atom stereocenters. The summed E-state index contributed by atoms with van der Waals surface area (Å²) in [5.41, 5.74) is 1.04. The molecular formula is C20H17NO5. The van der Waals surface area contributed by atoms with E-state index in [4.69, 9.17) is 4.74 Å². The van der Waals surface area contributed by atoms with Crippen LogP contribution in [0.2, 0.25) is 0 Å². The van der Waals surface area contributed by atoms with Crippen LogP contribution in [0.25, 0.3) is 12.2 Å². The average molecular weight is 351 g/mol. The van der Waals surface area contributed by atoms with Gasteiger partial charge >= 0.3 is 5.97 Å². The molecule has 0 heterocycles. The number of ketones is 1. The molecule has 0 bridgehead atoms. The molecule has 0 N–H and O–H groups in total. The van der Waals surface area contributed by atoms with E-state index in [1.54, 1.807) is 18.2 Å². The predicted octanol–water partition coefficient (Wildman–Crippen LogP) is 3.82. The highest BCUT2D eigenvalue weighted by molar-refractivity contribution is 6.19. The number of carbonyl (C=O) groups excluding carboxylic acids is 2. The van der Waals surface area contributed by atoms with Gasteiger partial charge in [0.05, 0.1) is 4.92 Å². The SMILES string of the molecule is CC(=O)/C(=C/c1cccc([N+](=O)[O-])c1)C(=O)OC/C=C/c1ccccc1. The van der Waals surface area contributed by atoms with Gasteiger partial charge in [-0.15, -0.1) is 0 Å². The van der Waals surface area contributed by atoms with Crippen LogP contribution in [-0.2, 0) is 14.3 Å². The molecule has 0 spiro atoms. The molecule has 0 aliphatic carbocycles. The number of nitro benzene ring substituents is 1. The lowest BCUT2D eigenvalue weighted by molar-refractivity contribution is -0.384. The van der Waals surface area contributed by atoms with Crippen molar-refractivity contribution in [2.75, 3.05) is 6.61 Å². The summed E-state index contributed by atoms with van der Waals surface area (Å²) >= 11 is 0. The summed E-state index contributed by atoms with van der Waals surface area (Å²) < 4.78 is 5.09. The second kappa shape index (κ2) is 9.08. The van der Waals surface area contributed by atoms with Crippen LogP contribution in [0, 0.1) is 10.1 Å². The maximum absolute atomic E-state index is 12.1. The maximum Gasteiger partial charge on any atom is 0.342 e. The molecule has 0 aliphatic rings. The number of nitrogens with zero attached hydrogens (tertiary/aromatic N) is 1. The smallest absolute Gasteiger partial charge is 0.342 e. The van der Waals surface area contributed by atoms with Crippen LogP contribution in [0.15, 0.2) is 66.2 Å². The Bertz CT molecular complexity index is 869. The van der Waals surface area contributed by atoms with E-state index in [1.165, 1.54) is 31.2 Å². The Hall–Kier alpha value is -3.54. The number of carbonyl (C=O) groups is 2. The molecule has 0 unspecified atom stereocenters. The molecular weight excluding hydrogens is 334 g/mol. The Morgan fingerprint density at radius 1 is 1.08 bits per heavy atom. The molecule has 2 aromatic rings. The highest BCUT2D eigenvalue weighted by Crippen LogP contribution is 2.16. The number of hydrogen-bond donors (Lipinski definition) is 0. The van der Waals surface area contributed by atoms with Gasteiger partial charge in [-0.1, -0.05) is 48.5 Å². The van der Waals surface area contributed by atoms with E-state index in [2.05, 4.69) is 0 Å². The second-order valence-electron chi connectivity index (χ2n) is 5.38. The number of rotatable bonds is 7. The van der Waals surface area contributed by atoms with Crippen molar-refractivity contribution in [2.45, 2.75) is 6.92 Å². The van der Waals surface area contributed by atoms with E-state index >= 15 is 0 Å². The fraction of sp³-hybridized carbons (Fsp3) is 0.100. The van der Waals surface area contributed by atoms with Crippen LogP contribution in [0.5, 0.6) is 0 Å². The summed E-state index contributed by atoms with van der Waals surface area (Å²) in [7, 11) is 0. The minimum Gasteiger partial charge on any atom is -0.458 e. The Morgan fingerprint density at radius 2 is 1.77 bits per heavy atom. The third-order valence-electron chi connectivity index (χ3n) is 3.41. The summed E-state index contributed by atoms with van der Waals surface area (Å²) in [5, 5.41) is 10.8. The number of non-ortho nitro benzene ring substituents is 1. The Balaban J connectivity index is 2.07. The van der Waals surface area contributed by atoms with E-state index in [0.29, 0.717) is 5.56 Å². The number of esters is 1. The van der Waals surface area contributed by atoms with Gasteiger partial charge in [0.25, 0.3) is 5.69 Å². The van der Waals surface area contributed by atoms with E-state index in [1.807, 2.05) is 30.3 Å². The molecule has 0 radical (unpaired) electrons. The lowest BCUT2D eigenvalue weighted by Crippen LogP contribution is -2.13. The standard InChI is InChI=1S/C20H17NO5/c1-15(22)19(14-17-9-5-11-18(13-17)21(24)25)20(23)26-12-6-10-16-7-3-2-4-8-16/h2-11,13-14H,12H2,1H3/b10-6+,19-14-. The minimum atomic E-state index is -0.776. The van der Waals surface area contributed by atoms with Gasteiger partial charge in [-0.3, -0.25) is 14.9 Å². The first-order chi connectivity index (χ1) is 12.5. The van der Waals surface area contributed by atoms with E-state index in [-0.39, 0.29) is 17.9 Å². The van der Waals surface area contributed by atoms with Crippen molar-refractivity contribution in [3.8, 4) is 0 Å². The van der Waals surface area contributed by atoms with Crippen LogP contribution in [0.4, 0.5) is 5.69 Å². The Labute approximate surface area is 150 Å². The summed E-state index contributed by atoms with van der Waals surface area (Å²) in [4.78, 5) is 34.2. The summed E-state index contributed by atoms with van der Waals surface area (Å²) in [6.45, 7) is 1.25. The van der Waals surface area contributed by atoms with Crippen LogP contribution in [0.1, 0.15) is 18.1 Å². The molecule has 26 heavy (non-hydrogen) atoms. The van der Waals surface area contributed by atoms with Gasteiger partial charge in [0.2, 0.25) is 0 Å². The fourth-order valence-electron chi connectivity index (χ4n) is 2.15. The quantitative estimate of drug-likeness (QED) is 0.189. The first kappa shape index (κ1) is 18.8. The van der Waals surface area contributed by atoms with Crippen molar-refractivity contribution in [1.29, 1.82) is 0 Å². The summed E-state index contributed by atoms with van der Waals surface area (Å²) in [6, 6.07) is 15.2. The van der Waals surface area contributed by atoms with E-state index in [0.717, 1.165) is 5.56 Å². The zero-order valence-electron chi connectivity index (χ0n) is 14.1. The van der Waals surface area contributed by atoms with Crippen LogP contribution < -0.4 is 0 Å². The summed E-state index contributed by atoms with van der Waals surface area (Å²) in [5.74, 6) is -1.25. The van der Waals surface area contributed by atoms with Crippen LogP contribution >= 0.6 is 0 Å². The Morgan fingerprint density at radius 3 is 2.42 bits per heavy atom. The van der Waals surface area contributed by atoms with Gasteiger partial charge in [-0.25, -0.2) is 4.79 Å². The third kappa shape index (κ3) is 5.52. The van der Waals surface area contributed by atoms with Gasteiger partial charge in [-0.05, 0) is 30.2 Å². The third-order valence-corrected chi connectivity index (χ3v) is 3.41. The van der Waals surface area contributed by atoms with Gasteiger partial charge in [0, 0.05) is 12.1 Å². The Kier molecular flexibility index (Phi) is 6.56. The average Bonchev–Trinajstić information content (AvgIpc) is 2.64. The minimum absolute atomic E-state index is 0.00723. The van der Waals surface area contributed by atoms with Crippen molar-refractivity contribution in [1.82, 2.24) is 0 Å². The normalized spacial score (nSPS) is 11.3. The monoisotopic (exact) mass is 351 g/mol. The van der Waals surface area contributed by atoms with Crippen LogP contribution in [-0.4, -0.2) is 23.3 Å². The maximum atomic E-state index is 12.1. The summed E-state index contributed by atoms with van der Waals surface area (Å²) in [6.07, 6.45) is 4.75. The molecule has 0 fully saturated rings. The van der Waals surface area contributed by atoms with E-state index < -0.39 is 16.7 Å². The van der Waals surface area contributed by atoms with Crippen molar-refractivity contribution in [3.63, 3.8) is 0 Å². The first-order valence-corrected chi connectivity index (χ1v) is 7.83. The van der Waals surface area contributed by atoms with Gasteiger partial charge < -0.3 is 4.74 Å². The predicted molar refractivity (Wildman–Crippen MR) is 98.2 cm³/mol. The molecule has 0 saturated heterocycles. The van der Waals surface area contributed by atoms with Crippen molar-refractivity contribution in [2.24, 2.45) is 0 Å². The lowest BCUT2D eigenvalue weighted by atomic mass is 10.1. The molecule has 132 valence electrons. The number of benzene rings is 2.